The summed E-state index contributed by atoms with van der Waals surface area (Å²) < 4.78 is 39.9. The summed E-state index contributed by atoms with van der Waals surface area (Å²) in [7, 11) is 0. The first kappa shape index (κ1) is 19.1. The van der Waals surface area contributed by atoms with Crippen LogP contribution >= 0.6 is 11.6 Å². The molecule has 2 aliphatic rings. The SMILES string of the molecule is O=C(NC1CCCCC1)N1CCN(c2ccc(Cl)cc2C(F)(F)F)CC1. The van der Waals surface area contributed by atoms with Gasteiger partial charge in [0.25, 0.3) is 0 Å². The van der Waals surface area contributed by atoms with Crippen LogP contribution in [0.1, 0.15) is 37.7 Å². The maximum Gasteiger partial charge on any atom is 0.418 e. The number of carbonyl (C=O) groups is 1. The van der Waals surface area contributed by atoms with E-state index in [0.717, 1.165) is 31.7 Å². The first-order chi connectivity index (χ1) is 12.3. The highest BCUT2D eigenvalue weighted by Gasteiger charge is 2.36. The smallest absolute Gasteiger partial charge is 0.367 e. The predicted octanol–water partition coefficient (Wildman–Crippen LogP) is 4.52. The normalized spacial score (nSPS) is 19.5. The fraction of sp³-hybridized carbons (Fsp3) is 0.611. The molecular formula is C18H23ClF3N3O. The molecule has 0 aromatic heterocycles. The van der Waals surface area contributed by atoms with E-state index in [1.165, 1.54) is 18.6 Å². The lowest BCUT2D eigenvalue weighted by molar-refractivity contribution is -0.137. The Hall–Kier alpha value is -1.63. The van der Waals surface area contributed by atoms with E-state index in [-0.39, 0.29) is 22.8 Å². The van der Waals surface area contributed by atoms with Crippen molar-refractivity contribution in [2.45, 2.75) is 44.3 Å². The van der Waals surface area contributed by atoms with Gasteiger partial charge >= 0.3 is 12.2 Å². The number of halogens is 4. The summed E-state index contributed by atoms with van der Waals surface area (Å²) in [4.78, 5) is 15.7. The van der Waals surface area contributed by atoms with Crippen LogP contribution in [0.4, 0.5) is 23.7 Å². The second-order valence-electron chi connectivity index (χ2n) is 6.92. The molecule has 1 aromatic rings. The van der Waals surface area contributed by atoms with Crippen LogP contribution < -0.4 is 10.2 Å². The molecule has 0 bridgehead atoms. The van der Waals surface area contributed by atoms with E-state index in [9.17, 15) is 18.0 Å². The minimum atomic E-state index is -4.46. The monoisotopic (exact) mass is 389 g/mol. The molecule has 144 valence electrons. The highest BCUT2D eigenvalue weighted by atomic mass is 35.5. The number of alkyl halides is 3. The predicted molar refractivity (Wildman–Crippen MR) is 95.6 cm³/mol. The fourth-order valence-corrected chi connectivity index (χ4v) is 3.85. The van der Waals surface area contributed by atoms with Crippen molar-refractivity contribution in [2.24, 2.45) is 0 Å². The van der Waals surface area contributed by atoms with Crippen LogP contribution in [0, 0.1) is 0 Å². The van der Waals surface area contributed by atoms with Crippen LogP contribution in [0.5, 0.6) is 0 Å². The number of hydrogen-bond donors (Lipinski definition) is 1. The van der Waals surface area contributed by atoms with Crippen molar-refractivity contribution < 1.29 is 18.0 Å². The first-order valence-corrected chi connectivity index (χ1v) is 9.39. The standard InChI is InChI=1S/C18H23ClF3N3O/c19-13-6-7-16(15(12-13)18(20,21)22)24-8-10-25(11-9-24)17(26)23-14-4-2-1-3-5-14/h6-7,12,14H,1-5,8-11H2,(H,23,26). The van der Waals surface area contributed by atoms with E-state index in [0.29, 0.717) is 26.2 Å². The zero-order valence-electron chi connectivity index (χ0n) is 14.5. The minimum Gasteiger partial charge on any atom is -0.367 e. The Morgan fingerprint density at radius 2 is 1.73 bits per heavy atom. The van der Waals surface area contributed by atoms with Gasteiger partial charge in [-0.1, -0.05) is 30.9 Å². The molecule has 3 rings (SSSR count). The molecule has 0 atom stereocenters. The van der Waals surface area contributed by atoms with Crippen molar-refractivity contribution in [3.05, 3.63) is 28.8 Å². The summed E-state index contributed by atoms with van der Waals surface area (Å²) in [5, 5.41) is 3.12. The Morgan fingerprint density at radius 3 is 2.35 bits per heavy atom. The Balaban J connectivity index is 1.61. The lowest BCUT2D eigenvalue weighted by Crippen LogP contribution is -2.54. The molecule has 1 saturated heterocycles. The number of urea groups is 1. The number of rotatable bonds is 2. The van der Waals surface area contributed by atoms with E-state index in [2.05, 4.69) is 5.32 Å². The van der Waals surface area contributed by atoms with E-state index >= 15 is 0 Å². The molecule has 0 radical (unpaired) electrons. The Morgan fingerprint density at radius 1 is 1.08 bits per heavy atom. The first-order valence-electron chi connectivity index (χ1n) is 9.02. The summed E-state index contributed by atoms with van der Waals surface area (Å²) in [5.74, 6) is 0. The maximum absolute atomic E-state index is 13.3. The lowest BCUT2D eigenvalue weighted by atomic mass is 9.96. The molecule has 1 aromatic carbocycles. The second kappa shape index (κ2) is 7.94. The van der Waals surface area contributed by atoms with Crippen molar-refractivity contribution in [2.75, 3.05) is 31.1 Å². The quantitative estimate of drug-likeness (QED) is 0.807. The summed E-state index contributed by atoms with van der Waals surface area (Å²) in [5.41, 5.74) is -0.612. The third kappa shape index (κ3) is 4.55. The average molecular weight is 390 g/mol. The van der Waals surface area contributed by atoms with Gasteiger partial charge in [0.05, 0.1) is 5.56 Å². The van der Waals surface area contributed by atoms with Gasteiger partial charge in [0.2, 0.25) is 0 Å². The third-order valence-electron chi connectivity index (χ3n) is 5.10. The van der Waals surface area contributed by atoms with Crippen LogP contribution in [-0.4, -0.2) is 43.2 Å². The average Bonchev–Trinajstić information content (AvgIpc) is 2.62. The van der Waals surface area contributed by atoms with Gasteiger partial charge in [0.15, 0.2) is 0 Å². The summed E-state index contributed by atoms with van der Waals surface area (Å²) in [6.45, 7) is 1.53. The fourth-order valence-electron chi connectivity index (χ4n) is 3.67. The maximum atomic E-state index is 13.3. The van der Waals surface area contributed by atoms with Crippen LogP contribution in [-0.2, 0) is 6.18 Å². The topological polar surface area (TPSA) is 35.6 Å². The summed E-state index contributed by atoms with van der Waals surface area (Å²) in [6, 6.07) is 3.95. The largest absolute Gasteiger partial charge is 0.418 e. The molecule has 1 aliphatic carbocycles. The molecule has 4 nitrogen and oxygen atoms in total. The summed E-state index contributed by atoms with van der Waals surface area (Å²) in [6.07, 6.45) is 1.03. The van der Waals surface area contributed by atoms with Gasteiger partial charge in [-0.3, -0.25) is 0 Å². The molecular weight excluding hydrogens is 367 g/mol. The van der Waals surface area contributed by atoms with Gasteiger partial charge in [0, 0.05) is 42.9 Å². The third-order valence-corrected chi connectivity index (χ3v) is 5.34. The molecule has 8 heteroatoms. The zero-order chi connectivity index (χ0) is 18.7. The lowest BCUT2D eigenvalue weighted by Gasteiger charge is -2.38. The van der Waals surface area contributed by atoms with Crippen LogP contribution in [0.2, 0.25) is 5.02 Å². The number of carbonyl (C=O) groups excluding carboxylic acids is 1. The zero-order valence-corrected chi connectivity index (χ0v) is 15.2. The van der Waals surface area contributed by atoms with Crippen molar-refractivity contribution in [3.63, 3.8) is 0 Å². The molecule has 2 amide bonds. The molecule has 1 N–H and O–H groups in total. The van der Waals surface area contributed by atoms with E-state index in [1.54, 1.807) is 9.80 Å². The molecule has 0 unspecified atom stereocenters. The van der Waals surface area contributed by atoms with Crippen LogP contribution in [0.3, 0.4) is 0 Å². The van der Waals surface area contributed by atoms with Crippen molar-refractivity contribution in [3.8, 4) is 0 Å². The molecule has 2 fully saturated rings. The molecule has 1 aliphatic heterocycles. The van der Waals surface area contributed by atoms with Crippen molar-refractivity contribution in [1.29, 1.82) is 0 Å². The minimum absolute atomic E-state index is 0.0616. The highest BCUT2D eigenvalue weighted by Crippen LogP contribution is 2.38. The number of nitrogens with one attached hydrogen (secondary N) is 1. The molecule has 26 heavy (non-hydrogen) atoms. The number of anilines is 1. The highest BCUT2D eigenvalue weighted by molar-refractivity contribution is 6.30. The van der Waals surface area contributed by atoms with Crippen molar-refractivity contribution >= 4 is 23.3 Å². The van der Waals surface area contributed by atoms with Crippen LogP contribution in [0.15, 0.2) is 18.2 Å². The van der Waals surface area contributed by atoms with Crippen molar-refractivity contribution in [1.82, 2.24) is 10.2 Å². The number of amides is 2. The van der Waals surface area contributed by atoms with Crippen LogP contribution in [0.25, 0.3) is 0 Å². The molecule has 0 spiro atoms. The Bertz CT molecular complexity index is 639. The molecule has 1 saturated carbocycles. The number of piperazine rings is 1. The number of nitrogens with zero attached hydrogens (tertiary/aromatic N) is 2. The Kier molecular flexibility index (Phi) is 5.85. The summed E-state index contributed by atoms with van der Waals surface area (Å²) >= 11 is 5.74. The van der Waals surface area contributed by atoms with E-state index in [1.807, 2.05) is 0 Å². The Labute approximate surface area is 156 Å². The molecule has 1 heterocycles. The van der Waals surface area contributed by atoms with E-state index < -0.39 is 11.7 Å². The van der Waals surface area contributed by atoms with Gasteiger partial charge in [-0.25, -0.2) is 4.79 Å². The second-order valence-corrected chi connectivity index (χ2v) is 7.35. The van der Waals surface area contributed by atoms with Gasteiger partial charge in [-0.2, -0.15) is 13.2 Å². The van der Waals surface area contributed by atoms with Gasteiger partial charge in [-0.05, 0) is 31.0 Å². The van der Waals surface area contributed by atoms with E-state index in [4.69, 9.17) is 11.6 Å². The van der Waals surface area contributed by atoms with Gasteiger partial charge < -0.3 is 15.1 Å². The van der Waals surface area contributed by atoms with Gasteiger partial charge in [0.1, 0.15) is 0 Å². The van der Waals surface area contributed by atoms with Gasteiger partial charge in [-0.15, -0.1) is 0 Å². The number of benzene rings is 1. The number of hydrogen-bond acceptors (Lipinski definition) is 2.